The van der Waals surface area contributed by atoms with Crippen LogP contribution in [-0.2, 0) is 14.3 Å². The normalized spacial score (nSPS) is 13.8. The van der Waals surface area contributed by atoms with Gasteiger partial charge in [0.25, 0.3) is 0 Å². The fourth-order valence-corrected chi connectivity index (χ4v) is 6.53. The molecule has 10 heteroatoms. The van der Waals surface area contributed by atoms with E-state index in [0.29, 0.717) is 44.7 Å². The number of methoxy groups -OCH3 is 1. The first-order valence-electron chi connectivity index (χ1n) is 14.5. The number of nitrogens with one attached hydrogen (secondary N) is 2. The zero-order chi connectivity index (χ0) is 31.6. The summed E-state index contributed by atoms with van der Waals surface area (Å²) in [4.78, 5) is 41.6. The number of carboxylic acids is 1. The van der Waals surface area contributed by atoms with Crippen LogP contribution in [0.1, 0.15) is 90.6 Å². The predicted molar refractivity (Wildman–Crippen MR) is 175 cm³/mol. The smallest absolute Gasteiger partial charge is 0.871 e. The van der Waals surface area contributed by atoms with E-state index in [1.807, 2.05) is 39.0 Å². The number of carbonyl (C=O) groups is 2. The average Bonchev–Trinajstić information content (AvgIpc) is 3.72. The Hall–Kier alpha value is -4.41. The third-order valence-electron chi connectivity index (χ3n) is 8.96. The number of allylic oxidation sites excluding steroid dienone is 4. The van der Waals surface area contributed by atoms with Crippen LogP contribution in [0, 0.1) is 13.8 Å². The number of rotatable bonds is 6. The Labute approximate surface area is 276 Å². The molecule has 0 spiro atoms. The van der Waals surface area contributed by atoms with Gasteiger partial charge >= 0.3 is 29.0 Å². The summed E-state index contributed by atoms with van der Waals surface area (Å²) in [5.41, 5.74) is 11.9. The van der Waals surface area contributed by atoms with Crippen LogP contribution in [0.25, 0.3) is 61.8 Å². The van der Waals surface area contributed by atoms with Crippen LogP contribution in [0.15, 0.2) is 24.8 Å². The van der Waals surface area contributed by atoms with Crippen molar-refractivity contribution in [3.8, 4) is 0 Å². The molecule has 224 valence electrons. The summed E-state index contributed by atoms with van der Waals surface area (Å²) in [7, 11) is 1.23. The zero-order valence-corrected chi connectivity index (χ0v) is 27.7. The second kappa shape index (κ2) is 11.8. The van der Waals surface area contributed by atoms with Crippen molar-refractivity contribution in [2.75, 3.05) is 7.11 Å². The Balaban J connectivity index is 0.00000400. The SMILES string of the molecule is C=Cc1c(C)c2cc3nc(c4c5[nH]c(cc6nc(cc1[nH]2)C(C)=C6CC)c(C)c5C([O-])=C4C(=O)OC)C(CCC(=O)[O-])=C3C.[Mg+2]. The molecule has 3 aromatic rings. The number of aryl methyl sites for hydroxylation is 2. The van der Waals surface area contributed by atoms with Gasteiger partial charge in [-0.1, -0.05) is 25.3 Å². The molecule has 0 fully saturated rings. The maximum Gasteiger partial charge on any atom is 2.00 e. The first-order chi connectivity index (χ1) is 21.0. The van der Waals surface area contributed by atoms with Crippen molar-refractivity contribution in [1.29, 1.82) is 0 Å². The summed E-state index contributed by atoms with van der Waals surface area (Å²) in [5.74, 6) is -2.46. The van der Waals surface area contributed by atoms with Gasteiger partial charge in [0.1, 0.15) is 0 Å². The molecule has 3 aliphatic rings. The number of nitrogens with zero attached hydrogens (tertiary/aromatic N) is 2. The van der Waals surface area contributed by atoms with Crippen molar-refractivity contribution >= 4 is 96.8 Å². The van der Waals surface area contributed by atoms with Crippen molar-refractivity contribution in [3.05, 3.63) is 75.4 Å². The second-order valence-electron chi connectivity index (χ2n) is 11.3. The first-order valence-corrected chi connectivity index (χ1v) is 14.5. The third-order valence-corrected chi connectivity index (χ3v) is 8.96. The maximum atomic E-state index is 13.9. The Morgan fingerprint density at radius 3 is 2.18 bits per heavy atom. The summed E-state index contributed by atoms with van der Waals surface area (Å²) in [6, 6.07) is 5.86. The predicted octanol–water partition coefficient (Wildman–Crippen LogP) is 4.71. The van der Waals surface area contributed by atoms with Gasteiger partial charge in [-0.15, -0.1) is 0 Å². The van der Waals surface area contributed by atoms with Gasteiger partial charge in [-0.25, -0.2) is 14.8 Å². The van der Waals surface area contributed by atoms with Crippen molar-refractivity contribution in [2.24, 2.45) is 0 Å². The fraction of sp³-hybridized carbons (Fsp3) is 0.257. The minimum absolute atomic E-state index is 0. The molecule has 3 aromatic heterocycles. The van der Waals surface area contributed by atoms with E-state index in [1.165, 1.54) is 7.11 Å². The van der Waals surface area contributed by atoms with Crippen LogP contribution in [-0.4, -0.2) is 62.0 Å². The molecule has 45 heavy (non-hydrogen) atoms. The van der Waals surface area contributed by atoms with E-state index in [0.717, 1.165) is 56.7 Å². The number of hydrogen-bond donors (Lipinski definition) is 2. The topological polar surface area (TPSA) is 147 Å². The quantitative estimate of drug-likeness (QED) is 0.303. The molecular weight excluding hydrogens is 581 g/mol. The van der Waals surface area contributed by atoms with E-state index in [9.17, 15) is 19.8 Å². The van der Waals surface area contributed by atoms with Gasteiger partial charge in [-0.2, -0.15) is 0 Å². The Kier molecular flexibility index (Phi) is 8.41. The molecule has 0 aromatic carbocycles. The van der Waals surface area contributed by atoms with E-state index < -0.39 is 17.7 Å². The Morgan fingerprint density at radius 2 is 1.53 bits per heavy atom. The molecule has 0 amide bonds. The maximum absolute atomic E-state index is 13.9. The molecular formula is C35H32MgN4O5. The first kappa shape index (κ1) is 32.0. The van der Waals surface area contributed by atoms with E-state index in [2.05, 4.69) is 30.4 Å². The largest absolute Gasteiger partial charge is 2.00 e. The van der Waals surface area contributed by atoms with Gasteiger partial charge in [0.05, 0.1) is 41.0 Å². The van der Waals surface area contributed by atoms with Gasteiger partial charge in [0, 0.05) is 33.6 Å². The number of H-pyrrole nitrogens is 2. The van der Waals surface area contributed by atoms with E-state index in [4.69, 9.17) is 14.7 Å². The molecule has 6 rings (SSSR count). The molecule has 0 unspecified atom stereocenters. The molecule has 2 N–H and O–H groups in total. The number of fused-ring (bicyclic) bond motifs is 8. The number of carboxylic acid groups (broad SMARTS) is 1. The Bertz CT molecular complexity index is 2110. The number of ether oxygens (including phenoxy) is 1. The molecule has 1 aliphatic carbocycles. The van der Waals surface area contributed by atoms with E-state index >= 15 is 0 Å². The number of aromatic nitrogens is 4. The van der Waals surface area contributed by atoms with Crippen LogP contribution in [0.4, 0.5) is 0 Å². The standard InChI is InChI=1S/C35H34N4O5.Mg/c1-8-19-15(3)22-12-24-17(5)21(10-11-28(40)41)32(38-24)30-31(35(43)44-7)34(42)29-18(6)25(39-33(29)30)14-27-20(9-2)16(4)23(37-27)13-26(19)36-22;/h8,12-14,36,39,42H,1,9-11H2,2-7H3,(H,40,41);/q;+2/p-2. The van der Waals surface area contributed by atoms with Crippen LogP contribution >= 0.6 is 0 Å². The molecule has 5 heterocycles. The summed E-state index contributed by atoms with van der Waals surface area (Å²) in [6.07, 6.45) is 2.41. The van der Waals surface area contributed by atoms with Crippen molar-refractivity contribution < 1.29 is 24.5 Å². The van der Waals surface area contributed by atoms with Crippen molar-refractivity contribution in [3.63, 3.8) is 0 Å². The molecule has 2 aliphatic heterocycles. The molecule has 9 nitrogen and oxygen atoms in total. The van der Waals surface area contributed by atoms with E-state index in [1.54, 1.807) is 6.08 Å². The second-order valence-corrected chi connectivity index (χ2v) is 11.3. The number of carbonyl (C=O) groups excluding carboxylic acids is 2. The molecule has 0 atom stereocenters. The van der Waals surface area contributed by atoms with Gasteiger partial charge < -0.3 is 29.7 Å². The minimum Gasteiger partial charge on any atom is -0.871 e. The third kappa shape index (κ3) is 4.92. The minimum atomic E-state index is -1.21. The van der Waals surface area contributed by atoms with Crippen LogP contribution in [0.2, 0.25) is 0 Å². The van der Waals surface area contributed by atoms with Crippen LogP contribution in [0.3, 0.4) is 0 Å². The van der Waals surface area contributed by atoms with Crippen LogP contribution < -0.4 is 10.2 Å². The summed E-state index contributed by atoms with van der Waals surface area (Å²) in [5, 5.41) is 25.5. The van der Waals surface area contributed by atoms with Gasteiger partial charge in [0.15, 0.2) is 0 Å². The number of aromatic amines is 2. The number of aliphatic carboxylic acids is 1. The van der Waals surface area contributed by atoms with Gasteiger partial charge in [-0.05, 0) is 104 Å². The van der Waals surface area contributed by atoms with Crippen molar-refractivity contribution in [2.45, 2.75) is 53.9 Å². The van der Waals surface area contributed by atoms with E-state index in [-0.39, 0.29) is 41.5 Å². The molecule has 0 saturated heterocycles. The van der Waals surface area contributed by atoms with Crippen LogP contribution in [0.5, 0.6) is 0 Å². The Morgan fingerprint density at radius 1 is 0.911 bits per heavy atom. The zero-order valence-electron chi connectivity index (χ0n) is 26.3. The monoisotopic (exact) mass is 612 g/mol. The van der Waals surface area contributed by atoms with Gasteiger partial charge in [-0.3, -0.25) is 0 Å². The number of esters is 1. The fourth-order valence-electron chi connectivity index (χ4n) is 6.53. The summed E-state index contributed by atoms with van der Waals surface area (Å²) in [6.45, 7) is 13.9. The summed E-state index contributed by atoms with van der Waals surface area (Å²) >= 11 is 0. The summed E-state index contributed by atoms with van der Waals surface area (Å²) < 4.78 is 5.07. The molecule has 0 saturated carbocycles. The molecule has 8 bridgehead atoms. The number of hydrogen-bond acceptors (Lipinski definition) is 7. The van der Waals surface area contributed by atoms with Gasteiger partial charge in [0.2, 0.25) is 0 Å². The molecule has 0 radical (unpaired) electrons. The van der Waals surface area contributed by atoms with Crippen molar-refractivity contribution in [1.82, 2.24) is 19.9 Å². The average molecular weight is 613 g/mol.